The number of sulfonamides is 1. The summed E-state index contributed by atoms with van der Waals surface area (Å²) in [4.78, 5) is 26.8. The number of aryl methyl sites for hydroxylation is 1. The van der Waals surface area contributed by atoms with Gasteiger partial charge in [0.1, 0.15) is 0 Å². The number of carbonyl (C=O) groups excluding carboxylic acids is 2. The molecule has 1 saturated carbocycles. The van der Waals surface area contributed by atoms with Gasteiger partial charge in [-0.05, 0) is 50.1 Å². The van der Waals surface area contributed by atoms with E-state index < -0.39 is 15.9 Å². The molecule has 2 aromatic carbocycles. The molecular formula is C21H23N3O4S. The molecule has 4 rings (SSSR count). The number of anilines is 2. The van der Waals surface area contributed by atoms with Crippen LogP contribution in [0.4, 0.5) is 11.4 Å². The monoisotopic (exact) mass is 413 g/mol. The molecule has 0 bridgehead atoms. The SMILES string of the molecule is Cc1ccc(N2C[C@H](C(=O)Nc3cccc(S(=O)(=O)NC4CC4)c3)CC2=O)cc1. The molecule has 1 aliphatic heterocycles. The summed E-state index contributed by atoms with van der Waals surface area (Å²) in [6.45, 7) is 2.27. The van der Waals surface area contributed by atoms with Gasteiger partial charge in [-0.1, -0.05) is 23.8 Å². The lowest BCUT2D eigenvalue weighted by molar-refractivity contribution is -0.122. The maximum absolute atomic E-state index is 12.7. The quantitative estimate of drug-likeness (QED) is 0.760. The lowest BCUT2D eigenvalue weighted by Gasteiger charge is -2.17. The Labute approximate surface area is 170 Å². The fourth-order valence-electron chi connectivity index (χ4n) is 3.33. The van der Waals surface area contributed by atoms with Crippen molar-refractivity contribution >= 4 is 33.2 Å². The molecule has 1 aliphatic carbocycles. The second kappa shape index (κ2) is 7.61. The third kappa shape index (κ3) is 4.49. The molecule has 2 amide bonds. The first kappa shape index (κ1) is 19.6. The number of benzene rings is 2. The smallest absolute Gasteiger partial charge is 0.240 e. The highest BCUT2D eigenvalue weighted by Crippen LogP contribution is 2.27. The summed E-state index contributed by atoms with van der Waals surface area (Å²) in [5.74, 6) is -0.884. The van der Waals surface area contributed by atoms with Gasteiger partial charge < -0.3 is 10.2 Å². The van der Waals surface area contributed by atoms with Crippen molar-refractivity contribution < 1.29 is 18.0 Å². The average molecular weight is 413 g/mol. The summed E-state index contributed by atoms with van der Waals surface area (Å²) < 4.78 is 27.4. The van der Waals surface area contributed by atoms with Crippen LogP contribution in [0.15, 0.2) is 53.4 Å². The Bertz CT molecular complexity index is 1050. The van der Waals surface area contributed by atoms with Crippen LogP contribution < -0.4 is 14.9 Å². The fourth-order valence-corrected chi connectivity index (χ4v) is 4.68. The summed E-state index contributed by atoms with van der Waals surface area (Å²) in [5, 5.41) is 2.76. The van der Waals surface area contributed by atoms with E-state index in [1.807, 2.05) is 31.2 Å². The van der Waals surface area contributed by atoms with Gasteiger partial charge in [0.05, 0.1) is 10.8 Å². The minimum atomic E-state index is -3.60. The minimum Gasteiger partial charge on any atom is -0.326 e. The largest absolute Gasteiger partial charge is 0.326 e. The van der Waals surface area contributed by atoms with Crippen molar-refractivity contribution in [3.8, 4) is 0 Å². The lowest BCUT2D eigenvalue weighted by atomic mass is 10.1. The second-order valence-electron chi connectivity index (χ2n) is 7.65. The van der Waals surface area contributed by atoms with Crippen LogP contribution >= 0.6 is 0 Å². The van der Waals surface area contributed by atoms with Crippen LogP contribution in [0.3, 0.4) is 0 Å². The molecule has 7 nitrogen and oxygen atoms in total. The molecule has 1 saturated heterocycles. The Morgan fingerprint density at radius 2 is 1.83 bits per heavy atom. The van der Waals surface area contributed by atoms with E-state index in [1.165, 1.54) is 12.1 Å². The first-order valence-corrected chi connectivity index (χ1v) is 11.1. The van der Waals surface area contributed by atoms with Gasteiger partial charge in [0, 0.05) is 30.4 Å². The maximum Gasteiger partial charge on any atom is 0.240 e. The normalized spacial score (nSPS) is 19.4. The number of nitrogens with zero attached hydrogens (tertiary/aromatic N) is 1. The zero-order valence-corrected chi connectivity index (χ0v) is 16.9. The van der Waals surface area contributed by atoms with Crippen LogP contribution in [-0.2, 0) is 19.6 Å². The number of carbonyl (C=O) groups is 2. The number of hydrogen-bond donors (Lipinski definition) is 2. The summed E-state index contributed by atoms with van der Waals surface area (Å²) >= 11 is 0. The summed E-state index contributed by atoms with van der Waals surface area (Å²) in [5.41, 5.74) is 2.27. The summed E-state index contributed by atoms with van der Waals surface area (Å²) in [6.07, 6.45) is 1.83. The molecule has 1 heterocycles. The van der Waals surface area contributed by atoms with E-state index in [2.05, 4.69) is 10.0 Å². The van der Waals surface area contributed by atoms with Crippen molar-refractivity contribution in [1.82, 2.24) is 4.72 Å². The third-order valence-electron chi connectivity index (χ3n) is 5.15. The molecule has 2 fully saturated rings. The Morgan fingerprint density at radius 3 is 2.52 bits per heavy atom. The molecule has 0 spiro atoms. The van der Waals surface area contributed by atoms with E-state index in [4.69, 9.17) is 0 Å². The van der Waals surface area contributed by atoms with Crippen molar-refractivity contribution in [3.05, 3.63) is 54.1 Å². The molecule has 29 heavy (non-hydrogen) atoms. The Hall–Kier alpha value is -2.71. The van der Waals surface area contributed by atoms with Gasteiger partial charge in [0.25, 0.3) is 0 Å². The van der Waals surface area contributed by atoms with Gasteiger partial charge in [0.2, 0.25) is 21.8 Å². The number of hydrogen-bond acceptors (Lipinski definition) is 4. The van der Waals surface area contributed by atoms with Crippen molar-refractivity contribution in [1.29, 1.82) is 0 Å². The highest BCUT2D eigenvalue weighted by Gasteiger charge is 2.35. The first-order valence-electron chi connectivity index (χ1n) is 9.62. The molecule has 0 radical (unpaired) electrons. The predicted molar refractivity (Wildman–Crippen MR) is 110 cm³/mol. The Balaban J connectivity index is 1.44. The van der Waals surface area contributed by atoms with Gasteiger partial charge in [-0.2, -0.15) is 0 Å². The van der Waals surface area contributed by atoms with Gasteiger partial charge in [-0.3, -0.25) is 9.59 Å². The van der Waals surface area contributed by atoms with E-state index in [9.17, 15) is 18.0 Å². The highest BCUT2D eigenvalue weighted by molar-refractivity contribution is 7.89. The maximum atomic E-state index is 12.7. The Morgan fingerprint density at radius 1 is 1.10 bits per heavy atom. The molecule has 8 heteroatoms. The molecule has 1 atom stereocenters. The van der Waals surface area contributed by atoms with Crippen LogP contribution in [0, 0.1) is 12.8 Å². The molecule has 0 aromatic heterocycles. The number of rotatable bonds is 6. The van der Waals surface area contributed by atoms with Crippen molar-refractivity contribution in [2.45, 2.75) is 37.1 Å². The van der Waals surface area contributed by atoms with Crippen LogP contribution in [0.2, 0.25) is 0 Å². The van der Waals surface area contributed by atoms with Gasteiger partial charge in [0.15, 0.2) is 0 Å². The third-order valence-corrected chi connectivity index (χ3v) is 6.67. The van der Waals surface area contributed by atoms with Crippen LogP contribution in [-0.4, -0.2) is 32.8 Å². The summed E-state index contributed by atoms with van der Waals surface area (Å²) in [7, 11) is -3.60. The predicted octanol–water partition coefficient (Wildman–Crippen LogP) is 2.43. The molecule has 0 unspecified atom stereocenters. The zero-order chi connectivity index (χ0) is 20.6. The fraction of sp³-hybridized carbons (Fsp3) is 0.333. The topological polar surface area (TPSA) is 95.6 Å². The standard InChI is InChI=1S/C21H23N3O4S/c1-14-5-9-18(10-6-14)24-13-15(11-20(24)25)21(26)22-17-3-2-4-19(12-17)29(27,28)23-16-7-8-16/h2-6,9-10,12,15-16,23H,7-8,11,13H2,1H3,(H,22,26)/t15-/m1/s1. The average Bonchev–Trinajstić information content (AvgIpc) is 3.40. The van der Waals surface area contributed by atoms with Gasteiger partial charge in [-0.25, -0.2) is 13.1 Å². The van der Waals surface area contributed by atoms with Crippen LogP contribution in [0.5, 0.6) is 0 Å². The van der Waals surface area contributed by atoms with Crippen LogP contribution in [0.1, 0.15) is 24.8 Å². The second-order valence-corrected chi connectivity index (χ2v) is 9.37. The number of nitrogens with one attached hydrogen (secondary N) is 2. The van der Waals surface area contributed by atoms with Crippen molar-refractivity contribution in [3.63, 3.8) is 0 Å². The van der Waals surface area contributed by atoms with Crippen molar-refractivity contribution in [2.24, 2.45) is 5.92 Å². The van der Waals surface area contributed by atoms with Gasteiger partial charge >= 0.3 is 0 Å². The van der Waals surface area contributed by atoms with E-state index in [1.54, 1.807) is 17.0 Å². The lowest BCUT2D eigenvalue weighted by Crippen LogP contribution is -2.28. The molecule has 152 valence electrons. The highest BCUT2D eigenvalue weighted by atomic mass is 32.2. The zero-order valence-electron chi connectivity index (χ0n) is 16.1. The summed E-state index contributed by atoms with van der Waals surface area (Å²) in [6, 6.07) is 13.8. The van der Waals surface area contributed by atoms with E-state index in [0.29, 0.717) is 12.2 Å². The van der Waals surface area contributed by atoms with Crippen molar-refractivity contribution in [2.75, 3.05) is 16.8 Å². The number of amides is 2. The molecule has 2 aliphatic rings. The molecule has 2 N–H and O–H groups in total. The first-order chi connectivity index (χ1) is 13.8. The molecular weight excluding hydrogens is 390 g/mol. The Kier molecular flexibility index (Phi) is 5.14. The van der Waals surface area contributed by atoms with Gasteiger partial charge in [-0.15, -0.1) is 0 Å². The van der Waals surface area contributed by atoms with E-state index in [0.717, 1.165) is 24.1 Å². The minimum absolute atomic E-state index is 0.00973. The van der Waals surface area contributed by atoms with E-state index >= 15 is 0 Å². The molecule has 2 aromatic rings. The van der Waals surface area contributed by atoms with Crippen LogP contribution in [0.25, 0.3) is 0 Å². The van der Waals surface area contributed by atoms with E-state index in [-0.39, 0.29) is 29.2 Å².